The van der Waals surface area contributed by atoms with E-state index in [2.05, 4.69) is 15.5 Å². The monoisotopic (exact) mass is 392 g/mol. The number of pyridine rings is 1. The molecule has 0 atom stereocenters. The SMILES string of the molecule is CCN(CC)S(=O)(=O)c1ccc(N/N=C\c2ccc(OC)c(OC)c2)nc1. The number of aromatic nitrogens is 1. The largest absolute Gasteiger partial charge is 0.493 e. The van der Waals surface area contributed by atoms with E-state index in [1.54, 1.807) is 52.5 Å². The van der Waals surface area contributed by atoms with Crippen LogP contribution in [0.25, 0.3) is 0 Å². The third-order valence-corrected chi connectivity index (χ3v) is 5.91. The zero-order valence-electron chi connectivity index (χ0n) is 15.8. The third kappa shape index (κ3) is 4.95. The van der Waals surface area contributed by atoms with Gasteiger partial charge in [-0.3, -0.25) is 5.43 Å². The van der Waals surface area contributed by atoms with Gasteiger partial charge in [0.15, 0.2) is 11.5 Å². The highest BCUT2D eigenvalue weighted by molar-refractivity contribution is 7.89. The van der Waals surface area contributed by atoms with Crippen LogP contribution in [0.5, 0.6) is 11.5 Å². The molecule has 9 heteroatoms. The molecule has 0 bridgehead atoms. The number of ether oxygens (including phenoxy) is 2. The first-order valence-electron chi connectivity index (χ1n) is 8.43. The standard InChI is InChI=1S/C18H24N4O4S/c1-5-22(6-2)27(23,24)15-8-10-18(19-13-15)21-20-12-14-7-9-16(25-3)17(11-14)26-4/h7-13H,5-6H2,1-4H3,(H,19,21)/b20-12-. The van der Waals surface area contributed by atoms with Gasteiger partial charge >= 0.3 is 0 Å². The first kappa shape index (κ1) is 20.7. The van der Waals surface area contributed by atoms with Crippen molar-refractivity contribution in [2.45, 2.75) is 18.7 Å². The Balaban J connectivity index is 2.08. The van der Waals surface area contributed by atoms with Gasteiger partial charge in [0, 0.05) is 19.3 Å². The maximum absolute atomic E-state index is 12.4. The summed E-state index contributed by atoms with van der Waals surface area (Å²) in [5.41, 5.74) is 3.58. The zero-order valence-corrected chi connectivity index (χ0v) is 16.7. The second kappa shape index (κ2) is 9.33. The van der Waals surface area contributed by atoms with Crippen molar-refractivity contribution in [3.05, 3.63) is 42.1 Å². The van der Waals surface area contributed by atoms with Crippen LogP contribution >= 0.6 is 0 Å². The first-order chi connectivity index (χ1) is 13.0. The molecule has 0 aliphatic rings. The van der Waals surface area contributed by atoms with Gasteiger partial charge < -0.3 is 9.47 Å². The highest BCUT2D eigenvalue weighted by Crippen LogP contribution is 2.26. The quantitative estimate of drug-likeness (QED) is 0.521. The topological polar surface area (TPSA) is 93.1 Å². The number of hydrogen-bond acceptors (Lipinski definition) is 7. The summed E-state index contributed by atoms with van der Waals surface area (Å²) in [6.45, 7) is 4.42. The Kier molecular flexibility index (Phi) is 7.14. The van der Waals surface area contributed by atoms with E-state index in [1.165, 1.54) is 16.6 Å². The average molecular weight is 392 g/mol. The van der Waals surface area contributed by atoms with Gasteiger partial charge in [-0.2, -0.15) is 9.41 Å². The summed E-state index contributed by atoms with van der Waals surface area (Å²) in [5, 5.41) is 4.11. The summed E-state index contributed by atoms with van der Waals surface area (Å²) >= 11 is 0. The van der Waals surface area contributed by atoms with Crippen molar-refractivity contribution in [1.29, 1.82) is 0 Å². The average Bonchev–Trinajstić information content (AvgIpc) is 2.69. The lowest BCUT2D eigenvalue weighted by Gasteiger charge is -2.18. The smallest absolute Gasteiger partial charge is 0.244 e. The zero-order chi connectivity index (χ0) is 19.9. The lowest BCUT2D eigenvalue weighted by Crippen LogP contribution is -2.30. The molecule has 2 aromatic rings. The van der Waals surface area contributed by atoms with Crippen molar-refractivity contribution in [2.75, 3.05) is 32.7 Å². The van der Waals surface area contributed by atoms with E-state index in [4.69, 9.17) is 9.47 Å². The number of rotatable bonds is 9. The second-order valence-electron chi connectivity index (χ2n) is 5.45. The van der Waals surface area contributed by atoms with E-state index < -0.39 is 10.0 Å². The lowest BCUT2D eigenvalue weighted by molar-refractivity contribution is 0.355. The summed E-state index contributed by atoms with van der Waals surface area (Å²) in [4.78, 5) is 4.27. The molecule has 0 unspecified atom stereocenters. The van der Waals surface area contributed by atoms with Gasteiger partial charge in [-0.05, 0) is 35.9 Å². The molecule has 0 radical (unpaired) electrons. The maximum atomic E-state index is 12.4. The molecule has 0 aliphatic heterocycles. The summed E-state index contributed by atoms with van der Waals surface area (Å²) in [6, 6.07) is 8.49. The van der Waals surface area contributed by atoms with Crippen LogP contribution in [0.3, 0.4) is 0 Å². The fourth-order valence-electron chi connectivity index (χ4n) is 2.42. The van der Waals surface area contributed by atoms with Gasteiger partial charge in [-0.25, -0.2) is 13.4 Å². The molecule has 0 saturated heterocycles. The molecular weight excluding hydrogens is 368 g/mol. The molecule has 1 N–H and O–H groups in total. The predicted molar refractivity (Wildman–Crippen MR) is 105 cm³/mol. The predicted octanol–water partition coefficient (Wildman–Crippen LogP) is 2.58. The van der Waals surface area contributed by atoms with Crippen LogP contribution in [0.15, 0.2) is 46.5 Å². The minimum Gasteiger partial charge on any atom is -0.493 e. The molecule has 1 aromatic carbocycles. The fourth-order valence-corrected chi connectivity index (χ4v) is 3.82. The van der Waals surface area contributed by atoms with Crippen LogP contribution in [-0.4, -0.2) is 51.2 Å². The van der Waals surface area contributed by atoms with E-state index >= 15 is 0 Å². The molecular formula is C18H24N4O4S. The van der Waals surface area contributed by atoms with Crippen molar-refractivity contribution in [2.24, 2.45) is 5.10 Å². The normalized spacial score (nSPS) is 11.7. The Morgan fingerprint density at radius 3 is 2.37 bits per heavy atom. The number of nitrogens with one attached hydrogen (secondary N) is 1. The Bertz CT molecular complexity index is 879. The minimum atomic E-state index is -3.52. The molecule has 146 valence electrons. The van der Waals surface area contributed by atoms with E-state index in [0.29, 0.717) is 30.4 Å². The Morgan fingerprint density at radius 1 is 1.11 bits per heavy atom. The first-order valence-corrected chi connectivity index (χ1v) is 9.87. The molecule has 0 fully saturated rings. The molecule has 0 spiro atoms. The minimum absolute atomic E-state index is 0.153. The molecule has 1 aromatic heterocycles. The van der Waals surface area contributed by atoms with Crippen molar-refractivity contribution >= 4 is 22.1 Å². The van der Waals surface area contributed by atoms with Crippen LogP contribution in [0.2, 0.25) is 0 Å². The highest BCUT2D eigenvalue weighted by atomic mass is 32.2. The molecule has 0 aliphatic carbocycles. The molecule has 0 amide bonds. The van der Waals surface area contributed by atoms with Gasteiger partial charge in [0.2, 0.25) is 10.0 Å². The van der Waals surface area contributed by atoms with Crippen molar-refractivity contribution < 1.29 is 17.9 Å². The van der Waals surface area contributed by atoms with E-state index in [1.807, 2.05) is 6.07 Å². The van der Waals surface area contributed by atoms with Crippen LogP contribution in [0, 0.1) is 0 Å². The van der Waals surface area contributed by atoms with Gasteiger partial charge in [-0.15, -0.1) is 0 Å². The van der Waals surface area contributed by atoms with Crippen LogP contribution in [0.4, 0.5) is 5.82 Å². The van der Waals surface area contributed by atoms with E-state index in [9.17, 15) is 8.42 Å². The molecule has 8 nitrogen and oxygen atoms in total. The van der Waals surface area contributed by atoms with E-state index in [0.717, 1.165) is 5.56 Å². The maximum Gasteiger partial charge on any atom is 0.244 e. The Labute approximate surface area is 159 Å². The number of benzene rings is 1. The van der Waals surface area contributed by atoms with Gasteiger partial charge in [-0.1, -0.05) is 13.8 Å². The fraction of sp³-hybridized carbons (Fsp3) is 0.333. The molecule has 1 heterocycles. The van der Waals surface area contributed by atoms with Crippen LogP contribution in [0.1, 0.15) is 19.4 Å². The second-order valence-corrected chi connectivity index (χ2v) is 7.39. The third-order valence-electron chi connectivity index (χ3n) is 3.88. The van der Waals surface area contributed by atoms with Crippen molar-refractivity contribution in [1.82, 2.24) is 9.29 Å². The van der Waals surface area contributed by atoms with Crippen LogP contribution in [-0.2, 0) is 10.0 Å². The Morgan fingerprint density at radius 2 is 1.81 bits per heavy atom. The molecule has 27 heavy (non-hydrogen) atoms. The van der Waals surface area contributed by atoms with Crippen molar-refractivity contribution in [3.8, 4) is 11.5 Å². The van der Waals surface area contributed by atoms with Gasteiger partial charge in [0.05, 0.1) is 20.4 Å². The number of anilines is 1. The number of hydrazone groups is 1. The number of methoxy groups -OCH3 is 2. The van der Waals surface area contributed by atoms with Crippen molar-refractivity contribution in [3.63, 3.8) is 0 Å². The van der Waals surface area contributed by atoms with Crippen LogP contribution < -0.4 is 14.9 Å². The lowest BCUT2D eigenvalue weighted by atomic mass is 10.2. The molecule has 2 rings (SSSR count). The number of nitrogens with zero attached hydrogens (tertiary/aromatic N) is 3. The number of sulfonamides is 1. The van der Waals surface area contributed by atoms with Gasteiger partial charge in [0.1, 0.15) is 10.7 Å². The molecule has 0 saturated carbocycles. The van der Waals surface area contributed by atoms with Gasteiger partial charge in [0.25, 0.3) is 0 Å². The Hall–Kier alpha value is -2.65. The highest BCUT2D eigenvalue weighted by Gasteiger charge is 2.21. The summed E-state index contributed by atoms with van der Waals surface area (Å²) in [6.07, 6.45) is 2.92. The summed E-state index contributed by atoms with van der Waals surface area (Å²) in [7, 11) is -0.380. The number of hydrogen-bond donors (Lipinski definition) is 1. The summed E-state index contributed by atoms with van der Waals surface area (Å²) < 4.78 is 36.7. The van der Waals surface area contributed by atoms with E-state index in [-0.39, 0.29) is 4.90 Å². The summed E-state index contributed by atoms with van der Waals surface area (Å²) in [5.74, 6) is 1.67.